The van der Waals surface area contributed by atoms with Gasteiger partial charge in [-0.1, -0.05) is 18.5 Å². The third-order valence-corrected chi connectivity index (χ3v) is 3.56. The largest absolute Gasteiger partial charge is 0.339 e. The second-order valence-corrected chi connectivity index (χ2v) is 5.03. The van der Waals surface area contributed by atoms with Crippen LogP contribution in [0.5, 0.6) is 0 Å². The molecule has 0 aliphatic carbocycles. The van der Waals surface area contributed by atoms with Crippen LogP contribution in [0.4, 0.5) is 8.78 Å². The highest BCUT2D eigenvalue weighted by Gasteiger charge is 2.13. The van der Waals surface area contributed by atoms with Crippen molar-refractivity contribution < 1.29 is 13.3 Å². The summed E-state index contributed by atoms with van der Waals surface area (Å²) < 4.78 is 31.2. The van der Waals surface area contributed by atoms with Gasteiger partial charge in [0.1, 0.15) is 0 Å². The van der Waals surface area contributed by atoms with Gasteiger partial charge in [-0.05, 0) is 43.5 Å². The lowest BCUT2D eigenvalue weighted by Gasteiger charge is -2.11. The van der Waals surface area contributed by atoms with Crippen LogP contribution >= 0.6 is 0 Å². The van der Waals surface area contributed by atoms with Gasteiger partial charge in [-0.3, -0.25) is 0 Å². The maximum atomic E-state index is 13.2. The van der Waals surface area contributed by atoms with E-state index in [9.17, 15) is 8.78 Å². The fraction of sp³-hybridized carbons (Fsp3) is 0.467. The van der Waals surface area contributed by atoms with Crippen LogP contribution in [-0.4, -0.2) is 16.7 Å². The molecule has 0 spiro atoms. The molecule has 0 aliphatic rings. The van der Waals surface area contributed by atoms with Gasteiger partial charge in [0.2, 0.25) is 11.7 Å². The molecule has 1 unspecified atom stereocenters. The summed E-state index contributed by atoms with van der Waals surface area (Å²) in [6.45, 7) is 2.79. The molecule has 1 atom stereocenters. The topological polar surface area (TPSA) is 64.9 Å². The van der Waals surface area contributed by atoms with Crippen molar-refractivity contribution in [2.75, 3.05) is 6.54 Å². The van der Waals surface area contributed by atoms with Crippen LogP contribution in [0.1, 0.15) is 32.1 Å². The molecule has 0 aliphatic heterocycles. The molecule has 0 saturated carbocycles. The van der Waals surface area contributed by atoms with Crippen molar-refractivity contribution in [1.82, 2.24) is 10.1 Å². The molecule has 4 nitrogen and oxygen atoms in total. The van der Waals surface area contributed by atoms with Crippen LogP contribution in [0.2, 0.25) is 0 Å². The molecule has 21 heavy (non-hydrogen) atoms. The molecule has 0 saturated heterocycles. The Morgan fingerprint density at radius 3 is 2.71 bits per heavy atom. The standard InChI is InChI=1S/C15H19F2N3O/c1-2-10(7-8-18)3-6-14-19-15(20-21-14)11-4-5-12(16)13(17)9-11/h4-5,9-10H,2-3,6-8,18H2,1H3. The molecule has 2 N–H and O–H groups in total. The number of hydrogen-bond acceptors (Lipinski definition) is 4. The summed E-state index contributed by atoms with van der Waals surface area (Å²) in [6.07, 6.45) is 3.62. The number of nitrogens with two attached hydrogens (primary N) is 1. The summed E-state index contributed by atoms with van der Waals surface area (Å²) in [5, 5.41) is 3.81. The Morgan fingerprint density at radius 2 is 2.05 bits per heavy atom. The fourth-order valence-corrected chi connectivity index (χ4v) is 2.22. The van der Waals surface area contributed by atoms with Crippen molar-refractivity contribution in [3.8, 4) is 11.4 Å². The minimum atomic E-state index is -0.923. The van der Waals surface area contributed by atoms with Crippen LogP contribution in [0.3, 0.4) is 0 Å². The number of hydrogen-bond donors (Lipinski definition) is 1. The van der Waals surface area contributed by atoms with Gasteiger partial charge in [0.05, 0.1) is 0 Å². The fourth-order valence-electron chi connectivity index (χ4n) is 2.22. The molecule has 1 heterocycles. The first-order valence-corrected chi connectivity index (χ1v) is 7.12. The van der Waals surface area contributed by atoms with E-state index in [1.807, 2.05) is 0 Å². The highest BCUT2D eigenvalue weighted by molar-refractivity contribution is 5.54. The molecule has 1 aromatic heterocycles. The molecule has 0 radical (unpaired) electrons. The molecular formula is C15H19F2N3O. The van der Waals surface area contributed by atoms with E-state index in [4.69, 9.17) is 10.3 Å². The third-order valence-electron chi connectivity index (χ3n) is 3.56. The van der Waals surface area contributed by atoms with E-state index in [1.165, 1.54) is 6.07 Å². The van der Waals surface area contributed by atoms with Gasteiger partial charge in [-0.2, -0.15) is 4.98 Å². The molecule has 1 aromatic carbocycles. The molecule has 0 amide bonds. The number of aromatic nitrogens is 2. The second-order valence-electron chi connectivity index (χ2n) is 5.03. The summed E-state index contributed by atoms with van der Waals surface area (Å²) in [5.74, 6) is -0.502. The molecule has 2 aromatic rings. The number of aryl methyl sites for hydroxylation is 1. The predicted octanol–water partition coefficient (Wildman–Crippen LogP) is 3.32. The Kier molecular flexibility index (Phi) is 5.38. The predicted molar refractivity (Wildman–Crippen MR) is 75.4 cm³/mol. The first-order chi connectivity index (χ1) is 10.1. The van der Waals surface area contributed by atoms with Crippen LogP contribution in [0.25, 0.3) is 11.4 Å². The maximum Gasteiger partial charge on any atom is 0.226 e. The van der Waals surface area contributed by atoms with Crippen molar-refractivity contribution >= 4 is 0 Å². The van der Waals surface area contributed by atoms with E-state index in [-0.39, 0.29) is 5.82 Å². The van der Waals surface area contributed by atoms with Gasteiger partial charge in [0, 0.05) is 12.0 Å². The van der Waals surface area contributed by atoms with Crippen molar-refractivity contribution in [2.24, 2.45) is 11.7 Å². The summed E-state index contributed by atoms with van der Waals surface area (Å²) in [5.41, 5.74) is 5.96. The second kappa shape index (κ2) is 7.26. The summed E-state index contributed by atoms with van der Waals surface area (Å²) in [6, 6.07) is 3.54. The van der Waals surface area contributed by atoms with Crippen molar-refractivity contribution in [1.29, 1.82) is 0 Å². The third kappa shape index (κ3) is 4.07. The highest BCUT2D eigenvalue weighted by atomic mass is 19.2. The zero-order valence-corrected chi connectivity index (χ0v) is 12.0. The van der Waals surface area contributed by atoms with Gasteiger partial charge < -0.3 is 10.3 Å². The smallest absolute Gasteiger partial charge is 0.226 e. The number of halogens is 2. The van der Waals surface area contributed by atoms with Crippen LogP contribution < -0.4 is 5.73 Å². The Morgan fingerprint density at radius 1 is 1.24 bits per heavy atom. The summed E-state index contributed by atoms with van der Waals surface area (Å²) in [4.78, 5) is 4.22. The van der Waals surface area contributed by atoms with E-state index in [0.29, 0.717) is 30.3 Å². The molecule has 0 fully saturated rings. The van der Waals surface area contributed by atoms with Crippen LogP contribution in [0, 0.1) is 17.6 Å². The van der Waals surface area contributed by atoms with Crippen LogP contribution in [0.15, 0.2) is 22.7 Å². The Labute approximate surface area is 122 Å². The van der Waals surface area contributed by atoms with E-state index in [2.05, 4.69) is 17.1 Å². The summed E-state index contributed by atoms with van der Waals surface area (Å²) in [7, 11) is 0. The molecule has 0 bridgehead atoms. The monoisotopic (exact) mass is 295 g/mol. The number of nitrogens with zero attached hydrogens (tertiary/aromatic N) is 2. The van der Waals surface area contributed by atoms with Crippen molar-refractivity contribution in [3.63, 3.8) is 0 Å². The lowest BCUT2D eigenvalue weighted by Crippen LogP contribution is -2.09. The summed E-state index contributed by atoms with van der Waals surface area (Å²) >= 11 is 0. The van der Waals surface area contributed by atoms with Gasteiger partial charge in [-0.15, -0.1) is 0 Å². The normalized spacial score (nSPS) is 12.6. The molecule has 2 rings (SSSR count). The SMILES string of the molecule is CCC(CCN)CCc1nc(-c2ccc(F)c(F)c2)no1. The van der Waals surface area contributed by atoms with Gasteiger partial charge in [-0.25, -0.2) is 8.78 Å². The van der Waals surface area contributed by atoms with E-state index in [1.54, 1.807) is 0 Å². The molecule has 114 valence electrons. The average Bonchev–Trinajstić information content (AvgIpc) is 2.95. The first-order valence-electron chi connectivity index (χ1n) is 7.12. The van der Waals surface area contributed by atoms with Crippen LogP contribution in [-0.2, 0) is 6.42 Å². The zero-order valence-electron chi connectivity index (χ0n) is 12.0. The first kappa shape index (κ1) is 15.6. The van der Waals surface area contributed by atoms with Crippen molar-refractivity contribution in [3.05, 3.63) is 35.7 Å². The quantitative estimate of drug-likeness (QED) is 0.851. The Balaban J connectivity index is 2.02. The van der Waals surface area contributed by atoms with Gasteiger partial charge >= 0.3 is 0 Å². The van der Waals surface area contributed by atoms with E-state index >= 15 is 0 Å². The lowest BCUT2D eigenvalue weighted by molar-refractivity contribution is 0.354. The highest BCUT2D eigenvalue weighted by Crippen LogP contribution is 2.20. The molecular weight excluding hydrogens is 276 g/mol. The average molecular weight is 295 g/mol. The van der Waals surface area contributed by atoms with Gasteiger partial charge in [0.25, 0.3) is 0 Å². The van der Waals surface area contributed by atoms with E-state index in [0.717, 1.165) is 31.4 Å². The zero-order chi connectivity index (χ0) is 15.2. The minimum Gasteiger partial charge on any atom is -0.339 e. The Hall–Kier alpha value is -1.82. The van der Waals surface area contributed by atoms with Crippen molar-refractivity contribution in [2.45, 2.75) is 32.6 Å². The maximum absolute atomic E-state index is 13.2. The minimum absolute atomic E-state index is 0.274. The lowest BCUT2D eigenvalue weighted by atomic mass is 9.97. The molecule has 6 heteroatoms. The number of rotatable bonds is 7. The Bertz CT molecular complexity index is 586. The van der Waals surface area contributed by atoms with Gasteiger partial charge in [0.15, 0.2) is 11.6 Å². The number of benzene rings is 1. The van der Waals surface area contributed by atoms with E-state index < -0.39 is 11.6 Å².